The third-order valence-electron chi connectivity index (χ3n) is 3.89. The summed E-state index contributed by atoms with van der Waals surface area (Å²) in [6, 6.07) is 8.35. The number of amides is 1. The summed E-state index contributed by atoms with van der Waals surface area (Å²) < 4.78 is 24.6. The van der Waals surface area contributed by atoms with Crippen molar-refractivity contribution in [2.75, 3.05) is 14.2 Å². The summed E-state index contributed by atoms with van der Waals surface area (Å²) in [6.45, 7) is 0.534. The van der Waals surface area contributed by atoms with E-state index in [9.17, 15) is 9.18 Å². The number of hydrogen-bond acceptors (Lipinski definition) is 3. The van der Waals surface area contributed by atoms with Crippen molar-refractivity contribution in [1.29, 1.82) is 0 Å². The Morgan fingerprint density at radius 1 is 1.22 bits per heavy atom. The molecule has 2 aromatic rings. The summed E-state index contributed by atoms with van der Waals surface area (Å²) in [6.07, 6.45) is 0. The largest absolute Gasteiger partial charge is 0.493 e. The van der Waals surface area contributed by atoms with E-state index in [1.54, 1.807) is 23.1 Å². The Balaban J connectivity index is 1.94. The first kappa shape index (κ1) is 15.6. The fraction of sp³-hybridized carbons (Fsp3) is 0.235. The smallest absolute Gasteiger partial charge is 0.258 e. The molecular formula is C17H15ClFNO3. The molecule has 0 N–H and O–H groups in total. The average Bonchev–Trinajstić information content (AvgIpc) is 2.87. The van der Waals surface area contributed by atoms with Crippen LogP contribution in [-0.4, -0.2) is 25.0 Å². The van der Waals surface area contributed by atoms with Crippen molar-refractivity contribution in [3.8, 4) is 11.5 Å². The van der Waals surface area contributed by atoms with E-state index >= 15 is 0 Å². The molecule has 23 heavy (non-hydrogen) atoms. The highest BCUT2D eigenvalue weighted by molar-refractivity contribution is 6.30. The van der Waals surface area contributed by atoms with Crippen LogP contribution in [0.25, 0.3) is 0 Å². The molecule has 3 rings (SSSR count). The first-order valence-electron chi connectivity index (χ1n) is 7.02. The molecule has 1 amide bonds. The number of rotatable bonds is 4. The minimum atomic E-state index is -0.498. The monoisotopic (exact) mass is 335 g/mol. The highest BCUT2D eigenvalue weighted by Crippen LogP contribution is 2.38. The van der Waals surface area contributed by atoms with Gasteiger partial charge in [0, 0.05) is 18.7 Å². The molecule has 0 atom stereocenters. The zero-order chi connectivity index (χ0) is 16.6. The van der Waals surface area contributed by atoms with E-state index < -0.39 is 5.82 Å². The molecule has 1 heterocycles. The van der Waals surface area contributed by atoms with Gasteiger partial charge in [-0.1, -0.05) is 29.8 Å². The number of ether oxygens (including phenoxy) is 2. The number of benzene rings is 2. The minimum absolute atomic E-state index is 0.0471. The van der Waals surface area contributed by atoms with Crippen LogP contribution in [0.4, 0.5) is 4.39 Å². The molecule has 0 unspecified atom stereocenters. The Bertz CT molecular complexity index is 779. The van der Waals surface area contributed by atoms with Crippen molar-refractivity contribution < 1.29 is 18.7 Å². The number of nitrogens with zero attached hydrogens (tertiary/aromatic N) is 1. The summed E-state index contributed by atoms with van der Waals surface area (Å²) in [4.78, 5) is 14.2. The lowest BCUT2D eigenvalue weighted by molar-refractivity contribution is 0.0762. The van der Waals surface area contributed by atoms with Crippen molar-refractivity contribution in [1.82, 2.24) is 4.90 Å². The number of hydrogen-bond donors (Lipinski definition) is 0. The summed E-state index contributed by atoms with van der Waals surface area (Å²) in [7, 11) is 3.01. The molecule has 1 aliphatic rings. The molecule has 4 nitrogen and oxygen atoms in total. The first-order chi connectivity index (χ1) is 11.1. The van der Waals surface area contributed by atoms with Gasteiger partial charge in [0.25, 0.3) is 5.91 Å². The summed E-state index contributed by atoms with van der Waals surface area (Å²) in [5.74, 6) is 0.192. The second-order valence-corrected chi connectivity index (χ2v) is 5.62. The van der Waals surface area contributed by atoms with Gasteiger partial charge >= 0.3 is 0 Å². The predicted octanol–water partition coefficient (Wildman–Crippen LogP) is 3.65. The first-order valence-corrected chi connectivity index (χ1v) is 7.40. The third-order valence-corrected chi connectivity index (χ3v) is 4.18. The second-order valence-electron chi connectivity index (χ2n) is 5.21. The molecular weight excluding hydrogens is 321 g/mol. The fourth-order valence-electron chi connectivity index (χ4n) is 2.77. The molecule has 6 heteroatoms. The molecule has 0 bridgehead atoms. The van der Waals surface area contributed by atoms with Crippen LogP contribution in [0, 0.1) is 5.82 Å². The number of fused-ring (bicyclic) bond motifs is 1. The maximum absolute atomic E-state index is 14.1. The molecule has 0 spiro atoms. The minimum Gasteiger partial charge on any atom is -0.493 e. The van der Waals surface area contributed by atoms with E-state index in [4.69, 9.17) is 21.1 Å². The third kappa shape index (κ3) is 2.61. The van der Waals surface area contributed by atoms with Crippen molar-refractivity contribution in [3.63, 3.8) is 0 Å². The quantitative estimate of drug-likeness (QED) is 0.856. The maximum atomic E-state index is 14.1. The molecule has 2 aromatic carbocycles. The van der Waals surface area contributed by atoms with Crippen LogP contribution < -0.4 is 9.47 Å². The lowest BCUT2D eigenvalue weighted by Crippen LogP contribution is -2.24. The standard InChI is InChI=1S/C17H15ClFNO3/c1-22-13-7-6-10-8-20(17(21)14(10)16(13)23-2)9-11-4-3-5-12(18)15(11)19/h3-7H,8-9H2,1-2H3. The van der Waals surface area contributed by atoms with Gasteiger partial charge in [0.15, 0.2) is 11.5 Å². The Morgan fingerprint density at radius 3 is 2.70 bits per heavy atom. The van der Waals surface area contributed by atoms with Crippen LogP contribution in [0.5, 0.6) is 11.5 Å². The van der Waals surface area contributed by atoms with E-state index in [0.29, 0.717) is 29.2 Å². The van der Waals surface area contributed by atoms with Gasteiger partial charge < -0.3 is 14.4 Å². The van der Waals surface area contributed by atoms with E-state index in [2.05, 4.69) is 0 Å². The van der Waals surface area contributed by atoms with Crippen LogP contribution >= 0.6 is 11.6 Å². The molecule has 120 valence electrons. The van der Waals surface area contributed by atoms with Crippen LogP contribution in [0.2, 0.25) is 5.02 Å². The van der Waals surface area contributed by atoms with Crippen LogP contribution in [-0.2, 0) is 13.1 Å². The highest BCUT2D eigenvalue weighted by atomic mass is 35.5. The average molecular weight is 336 g/mol. The zero-order valence-electron chi connectivity index (χ0n) is 12.7. The zero-order valence-corrected chi connectivity index (χ0v) is 13.5. The van der Waals surface area contributed by atoms with E-state index in [1.165, 1.54) is 20.3 Å². The number of carbonyl (C=O) groups is 1. The number of halogens is 2. The van der Waals surface area contributed by atoms with E-state index in [0.717, 1.165) is 5.56 Å². The van der Waals surface area contributed by atoms with Crippen LogP contribution in [0.15, 0.2) is 30.3 Å². The SMILES string of the molecule is COc1ccc2c(c1OC)C(=O)N(Cc1cccc(Cl)c1F)C2. The summed E-state index contributed by atoms with van der Waals surface area (Å²) in [5.41, 5.74) is 1.67. The molecule has 0 saturated carbocycles. The lowest BCUT2D eigenvalue weighted by atomic mass is 10.1. The predicted molar refractivity (Wildman–Crippen MR) is 84.5 cm³/mol. The van der Waals surface area contributed by atoms with Gasteiger partial charge in [-0.3, -0.25) is 4.79 Å². The normalized spacial score (nSPS) is 13.2. The van der Waals surface area contributed by atoms with E-state index in [1.807, 2.05) is 6.07 Å². The summed E-state index contributed by atoms with van der Waals surface area (Å²) in [5, 5.41) is 0.0471. The van der Waals surface area contributed by atoms with Crippen molar-refractivity contribution in [2.45, 2.75) is 13.1 Å². The molecule has 0 aliphatic carbocycles. The Labute approximate surface area is 138 Å². The van der Waals surface area contributed by atoms with E-state index in [-0.39, 0.29) is 17.5 Å². The van der Waals surface area contributed by atoms with Crippen LogP contribution in [0.1, 0.15) is 21.5 Å². The molecule has 1 aliphatic heterocycles. The van der Waals surface area contributed by atoms with Gasteiger partial charge in [-0.15, -0.1) is 0 Å². The lowest BCUT2D eigenvalue weighted by Gasteiger charge is -2.16. The number of methoxy groups -OCH3 is 2. The van der Waals surface area contributed by atoms with Crippen molar-refractivity contribution in [2.24, 2.45) is 0 Å². The Hall–Kier alpha value is -2.27. The molecule has 0 radical (unpaired) electrons. The molecule has 0 fully saturated rings. The van der Waals surface area contributed by atoms with Gasteiger partial charge in [0.1, 0.15) is 5.82 Å². The fourth-order valence-corrected chi connectivity index (χ4v) is 2.97. The highest BCUT2D eigenvalue weighted by Gasteiger charge is 2.33. The van der Waals surface area contributed by atoms with Crippen molar-refractivity contribution >= 4 is 17.5 Å². The van der Waals surface area contributed by atoms with Gasteiger partial charge in [0.05, 0.1) is 24.8 Å². The molecule has 0 saturated heterocycles. The molecule has 0 aromatic heterocycles. The Morgan fingerprint density at radius 2 is 2.00 bits per heavy atom. The Kier molecular flexibility index (Phi) is 4.13. The van der Waals surface area contributed by atoms with Gasteiger partial charge in [-0.25, -0.2) is 4.39 Å². The number of carbonyl (C=O) groups excluding carboxylic acids is 1. The second kappa shape index (κ2) is 6.08. The maximum Gasteiger partial charge on any atom is 0.258 e. The van der Waals surface area contributed by atoms with Crippen molar-refractivity contribution in [3.05, 3.63) is 57.9 Å². The topological polar surface area (TPSA) is 38.8 Å². The van der Waals surface area contributed by atoms with Gasteiger partial charge in [-0.05, 0) is 17.7 Å². The van der Waals surface area contributed by atoms with Gasteiger partial charge in [0.2, 0.25) is 0 Å². The van der Waals surface area contributed by atoms with Crippen LogP contribution in [0.3, 0.4) is 0 Å². The summed E-state index contributed by atoms with van der Waals surface area (Å²) >= 11 is 5.80. The van der Waals surface area contributed by atoms with Gasteiger partial charge in [-0.2, -0.15) is 0 Å².